The first kappa shape index (κ1) is 14.9. The van der Waals surface area contributed by atoms with Gasteiger partial charge in [0.15, 0.2) is 0 Å². The Balaban J connectivity index is 2.12. The van der Waals surface area contributed by atoms with Crippen LogP contribution in [-0.2, 0) is 16.4 Å². The van der Waals surface area contributed by atoms with Gasteiger partial charge in [0.25, 0.3) is 0 Å². The maximum absolute atomic E-state index is 13.5. The lowest BCUT2D eigenvalue weighted by Gasteiger charge is -2.08. The van der Waals surface area contributed by atoms with Gasteiger partial charge in [-0.3, -0.25) is 0 Å². The van der Waals surface area contributed by atoms with Gasteiger partial charge in [-0.25, -0.2) is 21.9 Å². The lowest BCUT2D eigenvalue weighted by Crippen LogP contribution is -2.27. The van der Waals surface area contributed by atoms with Crippen molar-refractivity contribution in [3.8, 4) is 0 Å². The molecule has 2 aromatic rings. The SMILES string of the molecule is Nc1cc(S(=O)(=O)NCCc2ccsc2)c(F)cc1F. The van der Waals surface area contributed by atoms with Gasteiger partial charge < -0.3 is 5.73 Å². The molecule has 20 heavy (non-hydrogen) atoms. The minimum Gasteiger partial charge on any atom is -0.396 e. The van der Waals surface area contributed by atoms with Crippen molar-refractivity contribution < 1.29 is 17.2 Å². The summed E-state index contributed by atoms with van der Waals surface area (Å²) in [5.74, 6) is -2.15. The minimum absolute atomic E-state index is 0.121. The number of halogens is 2. The van der Waals surface area contributed by atoms with Crippen LogP contribution in [0, 0.1) is 11.6 Å². The average Bonchev–Trinajstić information content (AvgIpc) is 2.86. The molecule has 0 aliphatic rings. The Hall–Kier alpha value is -1.51. The molecule has 108 valence electrons. The molecule has 0 saturated carbocycles. The van der Waals surface area contributed by atoms with Crippen LogP contribution >= 0.6 is 11.3 Å². The Labute approximate surface area is 119 Å². The van der Waals surface area contributed by atoms with Crippen LogP contribution < -0.4 is 10.5 Å². The van der Waals surface area contributed by atoms with E-state index in [-0.39, 0.29) is 6.54 Å². The molecule has 0 atom stereocenters. The number of benzene rings is 1. The van der Waals surface area contributed by atoms with Crippen molar-refractivity contribution in [1.29, 1.82) is 0 Å². The normalized spacial score (nSPS) is 11.7. The van der Waals surface area contributed by atoms with E-state index in [1.807, 2.05) is 16.8 Å². The summed E-state index contributed by atoms with van der Waals surface area (Å²) in [6.45, 7) is 0.121. The largest absolute Gasteiger partial charge is 0.396 e. The zero-order valence-corrected chi connectivity index (χ0v) is 11.9. The molecule has 2 rings (SSSR count). The highest BCUT2D eigenvalue weighted by Gasteiger charge is 2.20. The molecule has 0 unspecified atom stereocenters. The summed E-state index contributed by atoms with van der Waals surface area (Å²) >= 11 is 1.50. The second-order valence-electron chi connectivity index (χ2n) is 4.08. The predicted molar refractivity (Wildman–Crippen MR) is 74.0 cm³/mol. The quantitative estimate of drug-likeness (QED) is 0.830. The Morgan fingerprint density at radius 3 is 2.65 bits per heavy atom. The summed E-state index contributed by atoms with van der Waals surface area (Å²) in [6, 6.07) is 3.11. The van der Waals surface area contributed by atoms with Crippen molar-refractivity contribution >= 4 is 27.0 Å². The van der Waals surface area contributed by atoms with E-state index < -0.39 is 32.2 Å². The monoisotopic (exact) mass is 318 g/mol. The smallest absolute Gasteiger partial charge is 0.243 e. The summed E-state index contributed by atoms with van der Waals surface area (Å²) < 4.78 is 52.6. The standard InChI is InChI=1S/C12H12F2N2O2S2/c13-9-5-10(14)12(6-11(9)15)20(17,18)16-3-1-8-2-4-19-7-8/h2,4-7,16H,1,3,15H2. The Morgan fingerprint density at radius 2 is 2.00 bits per heavy atom. The number of nitrogens with one attached hydrogen (secondary N) is 1. The highest BCUT2D eigenvalue weighted by Crippen LogP contribution is 2.20. The van der Waals surface area contributed by atoms with Gasteiger partial charge in [0.05, 0.1) is 5.69 Å². The number of sulfonamides is 1. The molecule has 0 aliphatic carbocycles. The first-order chi connectivity index (χ1) is 9.40. The van der Waals surface area contributed by atoms with Crippen molar-refractivity contribution in [2.45, 2.75) is 11.3 Å². The van der Waals surface area contributed by atoms with E-state index in [0.717, 1.165) is 11.6 Å². The molecule has 0 saturated heterocycles. The number of anilines is 1. The summed E-state index contributed by atoms with van der Waals surface area (Å²) in [4.78, 5) is -0.651. The second kappa shape index (κ2) is 5.86. The number of hydrogen-bond donors (Lipinski definition) is 2. The molecular weight excluding hydrogens is 306 g/mol. The third-order valence-corrected chi connectivity index (χ3v) is 4.83. The summed E-state index contributed by atoms with van der Waals surface area (Å²) in [7, 11) is -4.05. The lowest BCUT2D eigenvalue weighted by atomic mass is 10.2. The van der Waals surface area contributed by atoms with Gasteiger partial charge in [0, 0.05) is 12.6 Å². The molecule has 3 N–H and O–H groups in total. The predicted octanol–water partition coefficient (Wildman–Crippen LogP) is 2.13. The molecule has 0 aliphatic heterocycles. The first-order valence-corrected chi connectivity index (χ1v) is 8.08. The van der Waals surface area contributed by atoms with Crippen molar-refractivity contribution in [3.63, 3.8) is 0 Å². The highest BCUT2D eigenvalue weighted by atomic mass is 32.2. The van der Waals surface area contributed by atoms with Crippen LogP contribution in [0.2, 0.25) is 0 Å². The van der Waals surface area contributed by atoms with Crippen molar-refractivity contribution in [2.75, 3.05) is 12.3 Å². The van der Waals surface area contributed by atoms with Crippen LogP contribution in [0.3, 0.4) is 0 Å². The summed E-state index contributed by atoms with van der Waals surface area (Å²) in [5, 5.41) is 3.77. The van der Waals surface area contributed by atoms with Crippen LogP contribution in [0.4, 0.5) is 14.5 Å². The van der Waals surface area contributed by atoms with Crippen LogP contribution in [0.25, 0.3) is 0 Å². The average molecular weight is 318 g/mol. The van der Waals surface area contributed by atoms with Crippen LogP contribution in [0.1, 0.15) is 5.56 Å². The Bertz CT molecular complexity index is 700. The highest BCUT2D eigenvalue weighted by molar-refractivity contribution is 7.89. The molecular formula is C12H12F2N2O2S2. The molecule has 0 amide bonds. The zero-order chi connectivity index (χ0) is 14.8. The topological polar surface area (TPSA) is 72.2 Å². The maximum Gasteiger partial charge on any atom is 0.243 e. The van der Waals surface area contributed by atoms with Crippen molar-refractivity contribution in [3.05, 3.63) is 46.2 Å². The fraction of sp³-hybridized carbons (Fsp3) is 0.167. The number of hydrogen-bond acceptors (Lipinski definition) is 4. The van der Waals surface area contributed by atoms with Crippen molar-refractivity contribution in [2.24, 2.45) is 0 Å². The third-order valence-electron chi connectivity index (χ3n) is 2.63. The van der Waals surface area contributed by atoms with E-state index in [4.69, 9.17) is 5.73 Å². The van der Waals surface area contributed by atoms with E-state index >= 15 is 0 Å². The molecule has 0 radical (unpaired) electrons. The van der Waals surface area contributed by atoms with Gasteiger partial charge in [0.1, 0.15) is 16.5 Å². The zero-order valence-electron chi connectivity index (χ0n) is 10.3. The van der Waals surface area contributed by atoms with Crippen LogP contribution in [0.5, 0.6) is 0 Å². The fourth-order valence-electron chi connectivity index (χ4n) is 1.59. The molecule has 0 spiro atoms. The molecule has 0 fully saturated rings. The fourth-order valence-corrected chi connectivity index (χ4v) is 3.42. The van der Waals surface area contributed by atoms with E-state index in [0.29, 0.717) is 12.5 Å². The molecule has 4 nitrogen and oxygen atoms in total. The van der Waals surface area contributed by atoms with Gasteiger partial charge in [-0.05, 0) is 34.9 Å². The Kier molecular flexibility index (Phi) is 4.36. The number of rotatable bonds is 5. The number of nitrogens with two attached hydrogens (primary N) is 1. The van der Waals surface area contributed by atoms with E-state index in [1.165, 1.54) is 11.3 Å². The van der Waals surface area contributed by atoms with E-state index in [9.17, 15) is 17.2 Å². The molecule has 0 bridgehead atoms. The van der Waals surface area contributed by atoms with Gasteiger partial charge in [-0.2, -0.15) is 11.3 Å². The molecule has 1 heterocycles. The van der Waals surface area contributed by atoms with Gasteiger partial charge in [0.2, 0.25) is 10.0 Å². The van der Waals surface area contributed by atoms with Crippen molar-refractivity contribution in [1.82, 2.24) is 4.72 Å². The summed E-state index contributed by atoms with van der Waals surface area (Å²) in [5.41, 5.74) is 5.83. The maximum atomic E-state index is 13.5. The molecule has 8 heteroatoms. The van der Waals surface area contributed by atoms with E-state index in [1.54, 1.807) is 0 Å². The summed E-state index contributed by atoms with van der Waals surface area (Å²) in [6.07, 6.45) is 0.487. The number of thiophene rings is 1. The van der Waals surface area contributed by atoms with Gasteiger partial charge in [-0.1, -0.05) is 0 Å². The van der Waals surface area contributed by atoms with Gasteiger partial charge >= 0.3 is 0 Å². The van der Waals surface area contributed by atoms with Gasteiger partial charge in [-0.15, -0.1) is 0 Å². The van der Waals surface area contributed by atoms with Crippen LogP contribution in [0.15, 0.2) is 33.9 Å². The second-order valence-corrected chi connectivity index (χ2v) is 6.60. The number of nitrogen functional groups attached to an aromatic ring is 1. The minimum atomic E-state index is -4.05. The first-order valence-electron chi connectivity index (χ1n) is 5.65. The molecule has 1 aromatic heterocycles. The molecule has 1 aromatic carbocycles. The lowest BCUT2D eigenvalue weighted by molar-refractivity contribution is 0.545. The van der Waals surface area contributed by atoms with E-state index in [2.05, 4.69) is 4.72 Å². The van der Waals surface area contributed by atoms with Crippen LogP contribution in [-0.4, -0.2) is 15.0 Å². The Morgan fingerprint density at radius 1 is 1.25 bits per heavy atom. The third kappa shape index (κ3) is 3.33.